The van der Waals surface area contributed by atoms with Gasteiger partial charge in [-0.2, -0.15) is 0 Å². The third-order valence-corrected chi connectivity index (χ3v) is 5.57. The molecule has 0 radical (unpaired) electrons. The van der Waals surface area contributed by atoms with Crippen LogP contribution < -0.4 is 0 Å². The number of halogens is 3. The maximum absolute atomic E-state index is 14.7. The van der Waals surface area contributed by atoms with Gasteiger partial charge in [0.2, 0.25) is 0 Å². The summed E-state index contributed by atoms with van der Waals surface area (Å²) in [7, 11) is 0. The van der Waals surface area contributed by atoms with Gasteiger partial charge < -0.3 is 9.47 Å². The van der Waals surface area contributed by atoms with Crippen LogP contribution in [-0.2, 0) is 15.1 Å². The average Bonchev–Trinajstić information content (AvgIpc) is 3.01. The zero-order valence-electron chi connectivity index (χ0n) is 15.4. The van der Waals surface area contributed by atoms with Crippen molar-refractivity contribution in [3.8, 4) is 0 Å². The van der Waals surface area contributed by atoms with Gasteiger partial charge in [-0.05, 0) is 11.6 Å². The van der Waals surface area contributed by atoms with Crippen molar-refractivity contribution in [3.63, 3.8) is 0 Å². The van der Waals surface area contributed by atoms with Gasteiger partial charge in [-0.25, -0.2) is 8.78 Å². The van der Waals surface area contributed by atoms with Crippen LogP contribution in [0.1, 0.15) is 44.7 Å². The Morgan fingerprint density at radius 3 is 2.35 bits per heavy atom. The van der Waals surface area contributed by atoms with Crippen LogP contribution in [0, 0.1) is 17.0 Å². The van der Waals surface area contributed by atoms with E-state index in [2.05, 4.69) is 15.9 Å². The van der Waals surface area contributed by atoms with Crippen LogP contribution in [0.25, 0.3) is 0 Å². The molecule has 2 aromatic rings. The Bertz CT molecular complexity index is 765. The first kappa shape index (κ1) is 19.5. The fourth-order valence-corrected chi connectivity index (χ4v) is 4.19. The lowest BCUT2D eigenvalue weighted by atomic mass is 9.78. The third kappa shape index (κ3) is 3.45. The summed E-state index contributed by atoms with van der Waals surface area (Å²) in [6.07, 6.45) is -0.424. The van der Waals surface area contributed by atoms with Crippen molar-refractivity contribution < 1.29 is 18.3 Å². The number of benzene rings is 2. The van der Waals surface area contributed by atoms with Gasteiger partial charge >= 0.3 is 0 Å². The van der Waals surface area contributed by atoms with Crippen molar-refractivity contribution >= 4 is 15.9 Å². The highest BCUT2D eigenvalue weighted by Crippen LogP contribution is 2.49. The summed E-state index contributed by atoms with van der Waals surface area (Å²) in [5, 5.41) is 0. The summed E-state index contributed by atoms with van der Waals surface area (Å²) >= 11 is 3.32. The van der Waals surface area contributed by atoms with E-state index in [1.54, 1.807) is 0 Å². The van der Waals surface area contributed by atoms with Crippen LogP contribution in [-0.4, -0.2) is 12.9 Å². The molecule has 0 aromatic heterocycles. The molecule has 0 amide bonds. The minimum Gasteiger partial charge on any atom is -0.349 e. The van der Waals surface area contributed by atoms with Gasteiger partial charge in [0.25, 0.3) is 0 Å². The lowest BCUT2D eigenvalue weighted by molar-refractivity contribution is -0.153. The molecule has 26 heavy (non-hydrogen) atoms. The minimum absolute atomic E-state index is 0.227. The molecular weight excluding hydrogens is 402 g/mol. The standard InChI is InChI=1S/C21H23BrF2O2/c1-13(18-16(22)10-15(23)11-17(18)24)21(14-8-6-5-7-9-14)12-25-19(26-21)20(2,3)4/h5-11,13,19H,12H2,1-4H3/t13?,19-,21+/m1/s1. The summed E-state index contributed by atoms with van der Waals surface area (Å²) in [5.41, 5.74) is 0.207. The third-order valence-electron chi connectivity index (χ3n) is 4.91. The molecule has 0 aliphatic carbocycles. The van der Waals surface area contributed by atoms with Gasteiger partial charge in [-0.3, -0.25) is 0 Å². The van der Waals surface area contributed by atoms with Crippen LogP contribution in [0.5, 0.6) is 0 Å². The van der Waals surface area contributed by atoms with Crippen LogP contribution in [0.2, 0.25) is 0 Å². The van der Waals surface area contributed by atoms with E-state index in [0.29, 0.717) is 16.6 Å². The first-order valence-electron chi connectivity index (χ1n) is 8.64. The van der Waals surface area contributed by atoms with Gasteiger partial charge in [0.05, 0.1) is 6.61 Å². The second-order valence-electron chi connectivity index (χ2n) is 7.89. The van der Waals surface area contributed by atoms with Gasteiger partial charge in [0.1, 0.15) is 17.2 Å². The predicted octanol–water partition coefficient (Wildman–Crippen LogP) is 6.15. The molecule has 3 rings (SSSR count). The van der Waals surface area contributed by atoms with Crippen LogP contribution in [0.3, 0.4) is 0 Å². The van der Waals surface area contributed by atoms with E-state index in [9.17, 15) is 8.78 Å². The maximum atomic E-state index is 14.7. The number of hydrogen-bond acceptors (Lipinski definition) is 2. The second kappa shape index (κ2) is 7.02. The topological polar surface area (TPSA) is 18.5 Å². The van der Waals surface area contributed by atoms with E-state index >= 15 is 0 Å². The van der Waals surface area contributed by atoms with E-state index < -0.39 is 29.4 Å². The first-order chi connectivity index (χ1) is 12.1. The normalized spacial score (nSPS) is 24.7. The van der Waals surface area contributed by atoms with E-state index in [4.69, 9.17) is 9.47 Å². The molecule has 3 atom stereocenters. The monoisotopic (exact) mass is 424 g/mol. The highest BCUT2D eigenvalue weighted by molar-refractivity contribution is 9.10. The molecule has 0 spiro atoms. The highest BCUT2D eigenvalue weighted by Gasteiger charge is 2.51. The molecule has 140 valence electrons. The summed E-state index contributed by atoms with van der Waals surface area (Å²) in [5.74, 6) is -1.61. The van der Waals surface area contributed by atoms with Gasteiger partial charge in [0.15, 0.2) is 6.29 Å². The Kier molecular flexibility index (Phi) is 5.26. The molecule has 1 heterocycles. The molecule has 1 fully saturated rings. The lowest BCUT2D eigenvalue weighted by Gasteiger charge is -2.36. The molecule has 1 aliphatic heterocycles. The summed E-state index contributed by atoms with van der Waals surface area (Å²) < 4.78 is 41.1. The fourth-order valence-electron chi connectivity index (χ4n) is 3.43. The number of ether oxygens (including phenoxy) is 2. The molecule has 2 nitrogen and oxygen atoms in total. The van der Waals surface area contributed by atoms with Crippen molar-refractivity contribution in [2.45, 2.75) is 45.5 Å². The molecule has 0 saturated carbocycles. The highest BCUT2D eigenvalue weighted by atomic mass is 79.9. The van der Waals surface area contributed by atoms with Crippen molar-refractivity contribution in [2.75, 3.05) is 6.61 Å². The van der Waals surface area contributed by atoms with Crippen LogP contribution in [0.15, 0.2) is 46.9 Å². The maximum Gasteiger partial charge on any atom is 0.163 e. The van der Waals surface area contributed by atoms with Crippen LogP contribution >= 0.6 is 15.9 Å². The first-order valence-corrected chi connectivity index (χ1v) is 9.44. The Morgan fingerprint density at radius 2 is 1.81 bits per heavy atom. The number of hydrogen-bond donors (Lipinski definition) is 0. The molecule has 0 bridgehead atoms. The van der Waals surface area contributed by atoms with Gasteiger partial charge in [-0.15, -0.1) is 0 Å². The van der Waals surface area contributed by atoms with E-state index in [-0.39, 0.29) is 5.41 Å². The van der Waals surface area contributed by atoms with Crippen molar-refractivity contribution in [3.05, 3.63) is 69.7 Å². The van der Waals surface area contributed by atoms with Crippen molar-refractivity contribution in [2.24, 2.45) is 5.41 Å². The number of rotatable bonds is 3. The van der Waals surface area contributed by atoms with Gasteiger partial charge in [0, 0.05) is 27.4 Å². The molecule has 1 saturated heterocycles. The summed E-state index contributed by atoms with van der Waals surface area (Å²) in [4.78, 5) is 0. The Labute approximate surface area is 161 Å². The minimum atomic E-state index is -0.861. The largest absolute Gasteiger partial charge is 0.349 e. The van der Waals surface area contributed by atoms with Crippen molar-refractivity contribution in [1.82, 2.24) is 0 Å². The smallest absolute Gasteiger partial charge is 0.163 e. The molecule has 2 aromatic carbocycles. The zero-order chi connectivity index (χ0) is 19.1. The predicted molar refractivity (Wildman–Crippen MR) is 101 cm³/mol. The molecule has 1 unspecified atom stereocenters. The molecule has 5 heteroatoms. The zero-order valence-corrected chi connectivity index (χ0v) is 16.9. The molecule has 0 N–H and O–H groups in total. The second-order valence-corrected chi connectivity index (χ2v) is 8.74. The summed E-state index contributed by atoms with van der Waals surface area (Å²) in [6, 6.07) is 11.9. The summed E-state index contributed by atoms with van der Waals surface area (Å²) in [6.45, 7) is 8.30. The lowest BCUT2D eigenvalue weighted by Crippen LogP contribution is -2.38. The molecular formula is C21H23BrF2O2. The SMILES string of the molecule is CC(c1c(F)cc(F)cc1Br)[C@]1(c2ccccc2)CO[C@@H](C(C)(C)C)O1. The Balaban J connectivity index is 2.11. The van der Waals surface area contributed by atoms with E-state index in [0.717, 1.165) is 11.6 Å². The van der Waals surface area contributed by atoms with Gasteiger partial charge in [-0.1, -0.05) is 74.0 Å². The quantitative estimate of drug-likeness (QED) is 0.588. The Morgan fingerprint density at radius 1 is 1.15 bits per heavy atom. The van der Waals surface area contributed by atoms with Crippen LogP contribution in [0.4, 0.5) is 8.78 Å². The van der Waals surface area contributed by atoms with E-state index in [1.807, 2.05) is 58.0 Å². The Hall–Kier alpha value is -1.30. The molecule has 1 aliphatic rings. The fraction of sp³-hybridized carbons (Fsp3) is 0.429. The van der Waals surface area contributed by atoms with E-state index in [1.165, 1.54) is 6.07 Å². The van der Waals surface area contributed by atoms with Crippen molar-refractivity contribution in [1.29, 1.82) is 0 Å². The average molecular weight is 425 g/mol.